The third-order valence-electron chi connectivity index (χ3n) is 1.88. The van der Waals surface area contributed by atoms with E-state index in [1.807, 2.05) is 0 Å². The number of halogens is 1. The zero-order valence-electron chi connectivity index (χ0n) is 7.05. The van der Waals surface area contributed by atoms with E-state index in [9.17, 15) is 0 Å². The third kappa shape index (κ3) is 1.57. The summed E-state index contributed by atoms with van der Waals surface area (Å²) < 4.78 is 0. The molecule has 2 rings (SSSR count). The molecular formula is C8H6BClN2O2. The van der Waals surface area contributed by atoms with E-state index in [0.29, 0.717) is 5.52 Å². The Balaban J connectivity index is 2.71. The van der Waals surface area contributed by atoms with Gasteiger partial charge in [0.1, 0.15) is 5.15 Å². The Morgan fingerprint density at radius 1 is 1.36 bits per heavy atom. The van der Waals surface area contributed by atoms with E-state index in [4.69, 9.17) is 21.6 Å². The van der Waals surface area contributed by atoms with Gasteiger partial charge in [0, 0.05) is 17.0 Å². The second-order valence-corrected chi connectivity index (χ2v) is 3.17. The number of fused-ring (bicyclic) bond motifs is 1. The van der Waals surface area contributed by atoms with Crippen LogP contribution in [-0.4, -0.2) is 27.1 Å². The monoisotopic (exact) mass is 208 g/mol. The van der Waals surface area contributed by atoms with Gasteiger partial charge in [-0.3, -0.25) is 4.98 Å². The maximum Gasteiger partial charge on any atom is 0.491 e. The van der Waals surface area contributed by atoms with Gasteiger partial charge in [-0.15, -0.1) is 0 Å². The van der Waals surface area contributed by atoms with Gasteiger partial charge in [0.15, 0.2) is 0 Å². The summed E-state index contributed by atoms with van der Waals surface area (Å²) >= 11 is 5.74. The number of nitrogens with zero attached hydrogens (tertiary/aromatic N) is 2. The fourth-order valence-corrected chi connectivity index (χ4v) is 1.43. The lowest BCUT2D eigenvalue weighted by Gasteiger charge is -2.03. The van der Waals surface area contributed by atoms with Crippen LogP contribution in [0.5, 0.6) is 0 Å². The number of rotatable bonds is 1. The highest BCUT2D eigenvalue weighted by atomic mass is 35.5. The van der Waals surface area contributed by atoms with Crippen LogP contribution in [0, 0.1) is 0 Å². The summed E-state index contributed by atoms with van der Waals surface area (Å²) in [6, 6.07) is 3.31. The van der Waals surface area contributed by atoms with Crippen LogP contribution in [0.4, 0.5) is 0 Å². The summed E-state index contributed by atoms with van der Waals surface area (Å²) in [6.45, 7) is 0. The number of aromatic nitrogens is 2. The Kier molecular flexibility index (Phi) is 2.37. The smallest absolute Gasteiger partial charge is 0.423 e. The molecule has 6 heteroatoms. The Hall–Kier alpha value is -1.17. The van der Waals surface area contributed by atoms with Crippen molar-refractivity contribution in [3.05, 3.63) is 29.7 Å². The first-order chi connectivity index (χ1) is 6.68. The Bertz CT molecular complexity index is 478. The molecule has 0 saturated carbocycles. The van der Waals surface area contributed by atoms with Gasteiger partial charge in [-0.2, -0.15) is 0 Å². The van der Waals surface area contributed by atoms with Crippen LogP contribution in [0.3, 0.4) is 0 Å². The van der Waals surface area contributed by atoms with Crippen molar-refractivity contribution in [2.24, 2.45) is 0 Å². The highest BCUT2D eigenvalue weighted by molar-refractivity contribution is 6.62. The van der Waals surface area contributed by atoms with Crippen molar-refractivity contribution in [3.63, 3.8) is 0 Å². The normalized spacial score (nSPS) is 10.5. The summed E-state index contributed by atoms with van der Waals surface area (Å²) in [5, 5.41) is 18.8. The van der Waals surface area contributed by atoms with E-state index in [1.54, 1.807) is 24.5 Å². The van der Waals surface area contributed by atoms with Gasteiger partial charge in [0.25, 0.3) is 0 Å². The van der Waals surface area contributed by atoms with E-state index in [0.717, 1.165) is 5.39 Å². The zero-order chi connectivity index (χ0) is 10.1. The zero-order valence-corrected chi connectivity index (χ0v) is 7.81. The van der Waals surface area contributed by atoms with E-state index < -0.39 is 7.12 Å². The largest absolute Gasteiger partial charge is 0.491 e. The molecule has 0 atom stereocenters. The molecule has 0 aliphatic heterocycles. The molecule has 0 bridgehead atoms. The van der Waals surface area contributed by atoms with E-state index in [1.165, 1.54) is 0 Å². The first kappa shape index (κ1) is 9.39. The average molecular weight is 208 g/mol. The van der Waals surface area contributed by atoms with Crippen molar-refractivity contribution >= 4 is 35.1 Å². The lowest BCUT2D eigenvalue weighted by molar-refractivity contribution is 0.425. The topological polar surface area (TPSA) is 66.2 Å². The number of hydrogen-bond donors (Lipinski definition) is 2. The third-order valence-corrected chi connectivity index (χ3v) is 2.18. The lowest BCUT2D eigenvalue weighted by Crippen LogP contribution is -2.31. The summed E-state index contributed by atoms with van der Waals surface area (Å²) in [5.74, 6) is 0. The molecule has 0 amide bonds. The summed E-state index contributed by atoms with van der Waals surface area (Å²) in [6.07, 6.45) is 3.17. The number of hydrogen-bond acceptors (Lipinski definition) is 4. The van der Waals surface area contributed by atoms with Crippen molar-refractivity contribution in [1.29, 1.82) is 0 Å². The highest BCUT2D eigenvalue weighted by Gasteiger charge is 2.16. The molecule has 0 saturated heterocycles. The molecule has 0 aliphatic rings. The van der Waals surface area contributed by atoms with Crippen LogP contribution < -0.4 is 5.46 Å². The predicted octanol–water partition coefficient (Wildman–Crippen LogP) is -0.0370. The molecule has 0 aromatic carbocycles. The van der Waals surface area contributed by atoms with Crippen LogP contribution in [-0.2, 0) is 0 Å². The maximum atomic E-state index is 8.98. The summed E-state index contributed by atoms with van der Waals surface area (Å²) in [5.41, 5.74) is 0.826. The molecule has 2 aromatic heterocycles. The molecule has 4 nitrogen and oxygen atoms in total. The molecule has 14 heavy (non-hydrogen) atoms. The minimum atomic E-state index is -1.60. The average Bonchev–Trinajstić information content (AvgIpc) is 2.16. The number of pyridine rings is 2. The molecule has 2 aromatic rings. The molecule has 2 heterocycles. The van der Waals surface area contributed by atoms with Crippen molar-refractivity contribution in [2.45, 2.75) is 0 Å². The first-order valence-electron chi connectivity index (χ1n) is 3.95. The minimum Gasteiger partial charge on any atom is -0.423 e. The van der Waals surface area contributed by atoms with Gasteiger partial charge in [0.05, 0.1) is 11.7 Å². The molecule has 0 aliphatic carbocycles. The van der Waals surface area contributed by atoms with Gasteiger partial charge >= 0.3 is 7.12 Å². The molecule has 0 radical (unpaired) electrons. The standard InChI is InChI=1S/C8H6BClN2O2/c10-8-6(9(13)14)3-5-1-2-11-4-7(5)12-8/h1-4,13-14H. The van der Waals surface area contributed by atoms with Gasteiger partial charge in [-0.1, -0.05) is 11.6 Å². The van der Waals surface area contributed by atoms with Crippen molar-refractivity contribution < 1.29 is 10.0 Å². The van der Waals surface area contributed by atoms with Gasteiger partial charge in [-0.05, 0) is 12.1 Å². The van der Waals surface area contributed by atoms with E-state index in [2.05, 4.69) is 9.97 Å². The van der Waals surface area contributed by atoms with Crippen LogP contribution in [0.15, 0.2) is 24.5 Å². The fraction of sp³-hybridized carbons (Fsp3) is 0. The highest BCUT2D eigenvalue weighted by Crippen LogP contribution is 2.12. The fourth-order valence-electron chi connectivity index (χ4n) is 1.19. The Morgan fingerprint density at radius 2 is 2.14 bits per heavy atom. The lowest BCUT2D eigenvalue weighted by atomic mass is 9.81. The summed E-state index contributed by atoms with van der Waals surface area (Å²) in [4.78, 5) is 7.86. The minimum absolute atomic E-state index is 0.0838. The van der Waals surface area contributed by atoms with E-state index >= 15 is 0 Å². The molecule has 0 spiro atoms. The molecule has 70 valence electrons. The second kappa shape index (κ2) is 3.53. The molecule has 2 N–H and O–H groups in total. The molecule has 0 fully saturated rings. The van der Waals surface area contributed by atoms with Crippen molar-refractivity contribution in [2.75, 3.05) is 0 Å². The van der Waals surface area contributed by atoms with Crippen LogP contribution in [0.1, 0.15) is 0 Å². The quantitative estimate of drug-likeness (QED) is 0.510. The second-order valence-electron chi connectivity index (χ2n) is 2.81. The first-order valence-corrected chi connectivity index (χ1v) is 4.32. The SMILES string of the molecule is OB(O)c1cc2ccncc2nc1Cl. The van der Waals surface area contributed by atoms with Gasteiger partial charge < -0.3 is 10.0 Å². The van der Waals surface area contributed by atoms with Crippen molar-refractivity contribution in [3.8, 4) is 0 Å². The Morgan fingerprint density at radius 3 is 2.86 bits per heavy atom. The van der Waals surface area contributed by atoms with Gasteiger partial charge in [0.2, 0.25) is 0 Å². The predicted molar refractivity (Wildman–Crippen MR) is 54.4 cm³/mol. The maximum absolute atomic E-state index is 8.98. The molecule has 0 unspecified atom stereocenters. The van der Waals surface area contributed by atoms with Crippen LogP contribution in [0.25, 0.3) is 10.9 Å². The van der Waals surface area contributed by atoms with Crippen LogP contribution >= 0.6 is 11.6 Å². The Labute approximate surface area is 85.3 Å². The van der Waals surface area contributed by atoms with Crippen molar-refractivity contribution in [1.82, 2.24) is 9.97 Å². The van der Waals surface area contributed by atoms with Crippen LogP contribution in [0.2, 0.25) is 5.15 Å². The van der Waals surface area contributed by atoms with E-state index in [-0.39, 0.29) is 10.6 Å². The van der Waals surface area contributed by atoms with Gasteiger partial charge in [-0.25, -0.2) is 4.98 Å². The molecular weight excluding hydrogens is 202 g/mol. The summed E-state index contributed by atoms with van der Waals surface area (Å²) in [7, 11) is -1.60.